The Kier molecular flexibility index (Phi) is 15.6. The maximum atomic E-state index is 6.66. The number of thiophene rings is 2. The molecule has 0 fully saturated rings. The molecular formula is C108H62N6O2S2. The number of aromatic nitrogens is 6. The summed E-state index contributed by atoms with van der Waals surface area (Å²) < 4.78 is 18.4. The van der Waals surface area contributed by atoms with Crippen molar-refractivity contribution < 1.29 is 8.83 Å². The topological polar surface area (TPSA) is 104 Å². The van der Waals surface area contributed by atoms with Gasteiger partial charge in [-0.1, -0.05) is 297 Å². The number of nitrogens with zero attached hydrogens (tertiary/aromatic N) is 6. The van der Waals surface area contributed by atoms with Crippen LogP contribution in [-0.4, -0.2) is 29.9 Å². The molecular weight excluding hydrogens is 1480 g/mol. The quantitative estimate of drug-likeness (QED) is 0.125. The van der Waals surface area contributed by atoms with Crippen LogP contribution in [0, 0.1) is 0 Å². The van der Waals surface area contributed by atoms with Gasteiger partial charge in [-0.05, 0) is 177 Å². The highest BCUT2D eigenvalue weighted by molar-refractivity contribution is 7.26. The summed E-state index contributed by atoms with van der Waals surface area (Å²) in [7, 11) is 0. The Morgan fingerprint density at radius 2 is 0.542 bits per heavy atom. The molecule has 8 nitrogen and oxygen atoms in total. The van der Waals surface area contributed by atoms with Crippen LogP contribution < -0.4 is 0 Å². The number of fused-ring (bicyclic) bond motifs is 15. The van der Waals surface area contributed by atoms with E-state index in [0.29, 0.717) is 34.9 Å². The Labute approximate surface area is 683 Å². The maximum Gasteiger partial charge on any atom is 0.164 e. The number of furan rings is 2. The van der Waals surface area contributed by atoms with Gasteiger partial charge in [-0.25, -0.2) is 29.9 Å². The van der Waals surface area contributed by atoms with E-state index in [2.05, 4.69) is 303 Å². The van der Waals surface area contributed by atoms with Gasteiger partial charge >= 0.3 is 0 Å². The molecule has 25 aromatic rings. The first-order chi connectivity index (χ1) is 58.4. The average Bonchev–Trinajstić information content (AvgIpc) is 1.08. The molecule has 0 saturated carbocycles. The molecule has 0 spiro atoms. The molecule has 0 N–H and O–H groups in total. The monoisotopic (exact) mass is 1540 g/mol. The lowest BCUT2D eigenvalue weighted by atomic mass is 9.91. The number of hydrogen-bond donors (Lipinski definition) is 0. The highest BCUT2D eigenvalue weighted by Gasteiger charge is 2.24. The molecule has 0 radical (unpaired) electrons. The van der Waals surface area contributed by atoms with E-state index in [-0.39, 0.29) is 0 Å². The largest absolute Gasteiger partial charge is 0.456 e. The summed E-state index contributed by atoms with van der Waals surface area (Å²) in [5.74, 6) is 3.66. The highest BCUT2D eigenvalue weighted by atomic mass is 32.1. The van der Waals surface area contributed by atoms with Crippen LogP contribution in [0.1, 0.15) is 0 Å². The predicted octanol–water partition coefficient (Wildman–Crippen LogP) is 30.2. The standard InChI is InChI=1S/C55H31N3OS.C53H31N3OS/c1-2-10-34(11-3-1)53-56-54(39-15-7-14-36(28-39)41-17-8-18-43-42-16-4-5-21-48(42)60-52(41)43)58-55(57-53)45-19-9-20-46-51(45)44-27-26-35(31-47(44)59-46)40-29-37-24-22-32-12-6-13-33-23-25-38(30-40)50(37)49(32)33;1-2-13-32(14-3-1)51-54-52(36-17-10-16-33(29-36)38-22-11-23-42-41-21-8-9-26-48(41)58-50(38)42)56-53(55-51)44-24-12-25-46-49(44)43-28-27-35(31-47(43)57-46)45-30-34-15-4-5-18-37(34)39-19-6-7-20-40(39)45/h1-31H;1-31H. The van der Waals surface area contributed by atoms with Crippen molar-refractivity contribution in [3.63, 3.8) is 0 Å². The smallest absolute Gasteiger partial charge is 0.164 e. The van der Waals surface area contributed by atoms with Crippen molar-refractivity contribution in [2.75, 3.05) is 0 Å². The van der Waals surface area contributed by atoms with Crippen molar-refractivity contribution in [3.8, 4) is 113 Å². The van der Waals surface area contributed by atoms with E-state index in [9.17, 15) is 0 Å². The molecule has 118 heavy (non-hydrogen) atoms. The summed E-state index contributed by atoms with van der Waals surface area (Å²) in [5, 5.41) is 21.7. The molecule has 0 aliphatic carbocycles. The minimum atomic E-state index is 0.596. The number of hydrogen-bond acceptors (Lipinski definition) is 10. The van der Waals surface area contributed by atoms with E-state index in [0.717, 1.165) is 105 Å². The number of rotatable bonds is 10. The zero-order chi connectivity index (χ0) is 77.5. The van der Waals surface area contributed by atoms with E-state index in [1.807, 2.05) is 95.5 Å². The molecule has 6 heterocycles. The Morgan fingerprint density at radius 3 is 1.09 bits per heavy atom. The van der Waals surface area contributed by atoms with Gasteiger partial charge in [-0.3, -0.25) is 0 Å². The van der Waals surface area contributed by atoms with Crippen LogP contribution in [0.5, 0.6) is 0 Å². The van der Waals surface area contributed by atoms with Gasteiger partial charge in [-0.15, -0.1) is 22.7 Å². The summed E-state index contributed by atoms with van der Waals surface area (Å²) in [4.78, 5) is 31.0. The third-order valence-corrected chi connectivity index (χ3v) is 25.8. The third kappa shape index (κ3) is 11.2. The third-order valence-electron chi connectivity index (χ3n) is 23.4. The SMILES string of the molecule is c1ccc(-c2nc(-c3cccc(-c4cccc5c4sc4ccccc45)c3)nc(-c3cccc4oc5cc(-c6cc7ccc8cccc9ccc(c6)c7c89)ccc5c34)n2)cc1.c1ccc(-c2nc(-c3cccc(-c4cccc5c4sc4ccccc45)c3)nc(-c3cccc4oc5cc(-c6cc7ccccc7c7ccccc67)ccc5c34)n2)cc1. The Morgan fingerprint density at radius 1 is 0.169 bits per heavy atom. The van der Waals surface area contributed by atoms with Gasteiger partial charge in [0.15, 0.2) is 34.9 Å². The lowest BCUT2D eigenvalue weighted by Gasteiger charge is -2.12. The van der Waals surface area contributed by atoms with Gasteiger partial charge in [0, 0.05) is 95.3 Å². The van der Waals surface area contributed by atoms with Crippen molar-refractivity contribution in [2.24, 2.45) is 0 Å². The summed E-state index contributed by atoms with van der Waals surface area (Å²) in [6, 6.07) is 133. The van der Waals surface area contributed by atoms with E-state index in [1.165, 1.54) is 111 Å². The Balaban J connectivity index is 0.000000135. The molecule has 10 heteroatoms. The first-order valence-corrected chi connectivity index (χ1v) is 41.2. The van der Waals surface area contributed by atoms with Gasteiger partial charge in [0.1, 0.15) is 22.3 Å². The van der Waals surface area contributed by atoms with Crippen LogP contribution in [0.2, 0.25) is 0 Å². The summed E-state index contributed by atoms with van der Waals surface area (Å²) in [6.45, 7) is 0. The molecule has 0 aliphatic heterocycles. The first kappa shape index (κ1) is 67.3. The fourth-order valence-corrected chi connectivity index (χ4v) is 20.3. The summed E-state index contributed by atoms with van der Waals surface area (Å²) in [6.07, 6.45) is 0. The van der Waals surface area contributed by atoms with E-state index < -0.39 is 0 Å². The average molecular weight is 1540 g/mol. The van der Waals surface area contributed by atoms with E-state index in [1.54, 1.807) is 0 Å². The van der Waals surface area contributed by atoms with Gasteiger partial charge in [0.2, 0.25) is 0 Å². The second kappa shape index (κ2) is 27.3. The molecule has 0 bridgehead atoms. The molecule has 0 aliphatic rings. The second-order valence-electron chi connectivity index (χ2n) is 30.2. The fraction of sp³-hybridized carbons (Fsp3) is 0. The maximum absolute atomic E-state index is 6.66. The number of benzene rings is 19. The predicted molar refractivity (Wildman–Crippen MR) is 493 cm³/mol. The molecule has 0 amide bonds. The fourth-order valence-electron chi connectivity index (χ4n) is 17.9. The van der Waals surface area contributed by atoms with Crippen molar-refractivity contribution in [3.05, 3.63) is 376 Å². The van der Waals surface area contributed by atoms with E-state index >= 15 is 0 Å². The van der Waals surface area contributed by atoms with Crippen molar-refractivity contribution in [1.82, 2.24) is 29.9 Å². The van der Waals surface area contributed by atoms with Crippen LogP contribution in [0.25, 0.3) is 251 Å². The van der Waals surface area contributed by atoms with Crippen molar-refractivity contribution in [1.29, 1.82) is 0 Å². The zero-order valence-electron chi connectivity index (χ0n) is 63.1. The molecule has 0 atom stereocenters. The van der Waals surface area contributed by atoms with Crippen molar-refractivity contribution in [2.45, 2.75) is 0 Å². The van der Waals surface area contributed by atoms with Gasteiger partial charge in [0.05, 0.1) is 0 Å². The van der Waals surface area contributed by atoms with Crippen LogP contribution in [0.3, 0.4) is 0 Å². The Hall–Kier alpha value is -15.2. The van der Waals surface area contributed by atoms with Crippen LogP contribution >= 0.6 is 22.7 Å². The van der Waals surface area contributed by atoms with Crippen LogP contribution in [-0.2, 0) is 0 Å². The molecule has 19 aromatic carbocycles. The minimum absolute atomic E-state index is 0.596. The van der Waals surface area contributed by atoms with Crippen molar-refractivity contribution >= 4 is 161 Å². The normalized spacial score (nSPS) is 11.9. The lowest BCUT2D eigenvalue weighted by molar-refractivity contribution is 0.668. The molecule has 6 aromatic heterocycles. The lowest BCUT2D eigenvalue weighted by Crippen LogP contribution is -2.00. The van der Waals surface area contributed by atoms with Gasteiger partial charge in [-0.2, -0.15) is 0 Å². The van der Waals surface area contributed by atoms with Gasteiger partial charge < -0.3 is 8.83 Å². The highest BCUT2D eigenvalue weighted by Crippen LogP contribution is 2.47. The Bertz CT molecular complexity index is 8350. The van der Waals surface area contributed by atoms with Crippen LogP contribution in [0.15, 0.2) is 385 Å². The summed E-state index contributed by atoms with van der Waals surface area (Å²) in [5.41, 5.74) is 17.9. The molecule has 0 unspecified atom stereocenters. The van der Waals surface area contributed by atoms with Crippen LogP contribution in [0.4, 0.5) is 0 Å². The first-order valence-electron chi connectivity index (χ1n) is 39.6. The molecule has 25 rings (SSSR count). The van der Waals surface area contributed by atoms with Gasteiger partial charge in [0.25, 0.3) is 0 Å². The zero-order valence-corrected chi connectivity index (χ0v) is 64.7. The summed E-state index contributed by atoms with van der Waals surface area (Å²) >= 11 is 3.67. The molecule has 548 valence electrons. The second-order valence-corrected chi connectivity index (χ2v) is 32.4. The minimum Gasteiger partial charge on any atom is -0.456 e. The molecule has 0 saturated heterocycles. The van der Waals surface area contributed by atoms with E-state index in [4.69, 9.17) is 38.7 Å².